The average Bonchev–Trinajstić information content (AvgIpc) is 2.79. The van der Waals surface area contributed by atoms with Gasteiger partial charge in [-0.3, -0.25) is 4.68 Å². The molecule has 0 aromatic carbocycles. The highest BCUT2D eigenvalue weighted by atomic mass is 15.3. The molecule has 2 aromatic rings. The van der Waals surface area contributed by atoms with Gasteiger partial charge in [-0.2, -0.15) is 5.10 Å². The summed E-state index contributed by atoms with van der Waals surface area (Å²) in [6.07, 6.45) is 11.5. The zero-order valence-electron chi connectivity index (χ0n) is 13.1. The van der Waals surface area contributed by atoms with Crippen LogP contribution < -0.4 is 5.32 Å². The quantitative estimate of drug-likeness (QED) is 0.939. The Kier molecular flexibility index (Phi) is 4.36. The van der Waals surface area contributed by atoms with Gasteiger partial charge in [-0.15, -0.1) is 0 Å². The summed E-state index contributed by atoms with van der Waals surface area (Å²) in [5.41, 5.74) is 0.905. The van der Waals surface area contributed by atoms with Crippen molar-refractivity contribution in [1.82, 2.24) is 19.7 Å². The van der Waals surface area contributed by atoms with E-state index in [0.717, 1.165) is 35.1 Å². The summed E-state index contributed by atoms with van der Waals surface area (Å²) >= 11 is 0. The van der Waals surface area contributed by atoms with Crippen molar-refractivity contribution in [3.63, 3.8) is 0 Å². The number of aryl methyl sites for hydroxylation is 2. The molecule has 0 amide bonds. The van der Waals surface area contributed by atoms with Crippen LogP contribution in [0.1, 0.15) is 50.8 Å². The third kappa shape index (κ3) is 3.34. The van der Waals surface area contributed by atoms with E-state index < -0.39 is 0 Å². The van der Waals surface area contributed by atoms with Gasteiger partial charge in [0.25, 0.3) is 0 Å². The minimum Gasteiger partial charge on any atom is -0.369 e. The monoisotopic (exact) mass is 287 g/mol. The first-order valence-electron chi connectivity index (χ1n) is 8.14. The maximum Gasteiger partial charge on any atom is 0.163 e. The minimum absolute atomic E-state index is 0.771. The third-order valence-corrected chi connectivity index (χ3v) is 4.49. The van der Waals surface area contributed by atoms with Crippen molar-refractivity contribution in [2.45, 2.75) is 51.9 Å². The largest absolute Gasteiger partial charge is 0.369 e. The summed E-state index contributed by atoms with van der Waals surface area (Å²) in [6, 6.07) is 0. The van der Waals surface area contributed by atoms with Crippen LogP contribution in [0.15, 0.2) is 6.20 Å². The van der Waals surface area contributed by atoms with Crippen molar-refractivity contribution in [2.24, 2.45) is 13.0 Å². The SMILES string of the molecule is Cc1nc(NCC2CCCCCCC2)c2cnn(C)c2n1. The van der Waals surface area contributed by atoms with Crippen molar-refractivity contribution in [2.75, 3.05) is 11.9 Å². The lowest BCUT2D eigenvalue weighted by Crippen LogP contribution is -2.16. The Morgan fingerprint density at radius 2 is 1.86 bits per heavy atom. The lowest BCUT2D eigenvalue weighted by Gasteiger charge is -2.20. The van der Waals surface area contributed by atoms with Gasteiger partial charge in [-0.1, -0.05) is 32.1 Å². The number of fused-ring (bicyclic) bond motifs is 1. The smallest absolute Gasteiger partial charge is 0.163 e. The van der Waals surface area contributed by atoms with Gasteiger partial charge in [-0.05, 0) is 25.7 Å². The summed E-state index contributed by atoms with van der Waals surface area (Å²) in [6.45, 7) is 2.95. The standard InChI is InChI=1S/C16H25N5/c1-12-19-15(14-11-18-21(2)16(14)20-12)17-10-13-8-6-4-3-5-7-9-13/h11,13H,3-10H2,1-2H3,(H,17,19,20). The second-order valence-electron chi connectivity index (χ2n) is 6.22. The van der Waals surface area contributed by atoms with Gasteiger partial charge < -0.3 is 5.32 Å². The summed E-state index contributed by atoms with van der Waals surface area (Å²) in [4.78, 5) is 9.03. The normalized spacial score (nSPS) is 17.6. The number of nitrogens with one attached hydrogen (secondary N) is 1. The third-order valence-electron chi connectivity index (χ3n) is 4.49. The number of rotatable bonds is 3. The predicted molar refractivity (Wildman–Crippen MR) is 85.3 cm³/mol. The van der Waals surface area contributed by atoms with Gasteiger partial charge in [0.1, 0.15) is 11.6 Å². The van der Waals surface area contributed by atoms with E-state index in [0.29, 0.717) is 0 Å². The topological polar surface area (TPSA) is 55.6 Å². The summed E-state index contributed by atoms with van der Waals surface area (Å²) in [5.74, 6) is 2.51. The summed E-state index contributed by atoms with van der Waals surface area (Å²) in [5, 5.41) is 8.87. The second-order valence-corrected chi connectivity index (χ2v) is 6.22. The molecule has 1 aliphatic rings. The van der Waals surface area contributed by atoms with Crippen LogP contribution in [0.2, 0.25) is 0 Å². The highest BCUT2D eigenvalue weighted by Gasteiger charge is 2.14. The Labute approximate surface area is 126 Å². The van der Waals surface area contributed by atoms with Crippen LogP contribution in [0.25, 0.3) is 11.0 Å². The molecule has 0 spiro atoms. The molecule has 0 radical (unpaired) electrons. The van der Waals surface area contributed by atoms with Gasteiger partial charge in [0.05, 0.1) is 11.6 Å². The molecule has 0 unspecified atom stereocenters. The van der Waals surface area contributed by atoms with E-state index >= 15 is 0 Å². The van der Waals surface area contributed by atoms with Gasteiger partial charge in [0.2, 0.25) is 0 Å². The molecule has 1 aliphatic carbocycles. The first kappa shape index (κ1) is 14.3. The Morgan fingerprint density at radius 3 is 2.62 bits per heavy atom. The maximum absolute atomic E-state index is 4.57. The summed E-state index contributed by atoms with van der Waals surface area (Å²) < 4.78 is 1.81. The molecule has 1 saturated carbocycles. The second kappa shape index (κ2) is 6.41. The fourth-order valence-corrected chi connectivity index (χ4v) is 3.25. The first-order valence-corrected chi connectivity index (χ1v) is 8.14. The van der Waals surface area contributed by atoms with Crippen molar-refractivity contribution >= 4 is 16.9 Å². The van der Waals surface area contributed by atoms with E-state index in [9.17, 15) is 0 Å². The van der Waals surface area contributed by atoms with Crippen LogP contribution in [0.4, 0.5) is 5.82 Å². The van der Waals surface area contributed by atoms with Crippen LogP contribution in [0.5, 0.6) is 0 Å². The molecule has 114 valence electrons. The zero-order chi connectivity index (χ0) is 14.7. The molecule has 0 atom stereocenters. The highest BCUT2D eigenvalue weighted by Crippen LogP contribution is 2.24. The van der Waals surface area contributed by atoms with Crippen molar-refractivity contribution in [1.29, 1.82) is 0 Å². The number of anilines is 1. The van der Waals surface area contributed by atoms with Crippen LogP contribution in [-0.4, -0.2) is 26.3 Å². The number of nitrogens with zero attached hydrogens (tertiary/aromatic N) is 4. The zero-order valence-corrected chi connectivity index (χ0v) is 13.1. The van der Waals surface area contributed by atoms with E-state index in [1.807, 2.05) is 24.9 Å². The first-order chi connectivity index (χ1) is 10.2. The molecule has 1 N–H and O–H groups in total. The van der Waals surface area contributed by atoms with Crippen LogP contribution in [0, 0.1) is 12.8 Å². The van der Waals surface area contributed by atoms with Crippen LogP contribution >= 0.6 is 0 Å². The van der Waals surface area contributed by atoms with Crippen molar-refractivity contribution < 1.29 is 0 Å². The van der Waals surface area contributed by atoms with E-state index in [2.05, 4.69) is 20.4 Å². The molecular weight excluding hydrogens is 262 g/mol. The summed E-state index contributed by atoms with van der Waals surface area (Å²) in [7, 11) is 1.92. The molecular formula is C16H25N5. The van der Waals surface area contributed by atoms with Crippen LogP contribution in [-0.2, 0) is 7.05 Å². The molecule has 3 rings (SSSR count). The number of hydrogen-bond acceptors (Lipinski definition) is 4. The van der Waals surface area contributed by atoms with E-state index in [1.54, 1.807) is 0 Å². The lowest BCUT2D eigenvalue weighted by atomic mass is 9.91. The maximum atomic E-state index is 4.57. The number of hydrogen-bond donors (Lipinski definition) is 1. The minimum atomic E-state index is 0.771. The lowest BCUT2D eigenvalue weighted by molar-refractivity contribution is 0.392. The highest BCUT2D eigenvalue weighted by molar-refractivity contribution is 5.86. The molecule has 2 heterocycles. The molecule has 21 heavy (non-hydrogen) atoms. The Bertz CT molecular complexity index is 596. The molecule has 0 saturated heterocycles. The molecule has 5 nitrogen and oxygen atoms in total. The Morgan fingerprint density at radius 1 is 1.14 bits per heavy atom. The molecule has 0 aliphatic heterocycles. The van der Waals surface area contributed by atoms with Gasteiger partial charge in [0.15, 0.2) is 5.65 Å². The molecule has 1 fully saturated rings. The molecule has 5 heteroatoms. The van der Waals surface area contributed by atoms with E-state index in [-0.39, 0.29) is 0 Å². The van der Waals surface area contributed by atoms with E-state index in [1.165, 1.54) is 44.9 Å². The number of aromatic nitrogens is 4. The average molecular weight is 287 g/mol. The van der Waals surface area contributed by atoms with Gasteiger partial charge >= 0.3 is 0 Å². The van der Waals surface area contributed by atoms with Gasteiger partial charge in [-0.25, -0.2) is 9.97 Å². The van der Waals surface area contributed by atoms with Crippen molar-refractivity contribution in [3.05, 3.63) is 12.0 Å². The van der Waals surface area contributed by atoms with Crippen molar-refractivity contribution in [3.8, 4) is 0 Å². The Balaban J connectivity index is 1.72. The fourth-order valence-electron chi connectivity index (χ4n) is 3.25. The van der Waals surface area contributed by atoms with Gasteiger partial charge in [0, 0.05) is 13.6 Å². The molecule has 2 aromatic heterocycles. The Hall–Kier alpha value is -1.65. The fraction of sp³-hybridized carbons (Fsp3) is 0.688. The molecule has 0 bridgehead atoms. The van der Waals surface area contributed by atoms with Crippen LogP contribution in [0.3, 0.4) is 0 Å². The van der Waals surface area contributed by atoms with E-state index in [4.69, 9.17) is 0 Å². The predicted octanol–water partition coefficient (Wildman–Crippen LogP) is 3.44.